The van der Waals surface area contributed by atoms with Gasteiger partial charge in [-0.1, -0.05) is 56.0 Å². The Morgan fingerprint density at radius 1 is 1.05 bits per heavy atom. The van der Waals surface area contributed by atoms with Crippen molar-refractivity contribution in [2.45, 2.75) is 51.0 Å². The molecule has 2 aromatic rings. The van der Waals surface area contributed by atoms with Gasteiger partial charge in [0.15, 0.2) is 0 Å². The van der Waals surface area contributed by atoms with E-state index in [1.807, 2.05) is 12.4 Å². The van der Waals surface area contributed by atoms with Crippen molar-refractivity contribution in [3.63, 3.8) is 0 Å². The molecule has 3 heteroatoms. The van der Waals surface area contributed by atoms with E-state index in [2.05, 4.69) is 33.8 Å². The average Bonchev–Trinajstić information content (AvgIpc) is 2.70. The second kappa shape index (κ2) is 6.12. The summed E-state index contributed by atoms with van der Waals surface area (Å²) in [6.45, 7) is 0.812. The van der Waals surface area contributed by atoms with Crippen LogP contribution in [0, 0.1) is 0 Å². The van der Waals surface area contributed by atoms with Gasteiger partial charge in [-0.2, -0.15) is 0 Å². The summed E-state index contributed by atoms with van der Waals surface area (Å²) in [5.74, 6) is 1.43. The fraction of sp³-hybridized carbons (Fsp3) is 0.471. The summed E-state index contributed by atoms with van der Waals surface area (Å²) in [4.78, 5) is 4.62. The smallest absolute Gasteiger partial charge is 0.127 e. The van der Waals surface area contributed by atoms with Gasteiger partial charge in [0.2, 0.25) is 0 Å². The first-order chi connectivity index (χ1) is 9.84. The number of nitrogens with two attached hydrogens (primary N) is 1. The third kappa shape index (κ3) is 2.87. The molecule has 0 saturated heterocycles. The SMILES string of the molecule is Nc1c(C2CCCCCC2)ncn1Cc1ccccc1. The Labute approximate surface area is 120 Å². The predicted molar refractivity (Wildman–Crippen MR) is 82.6 cm³/mol. The molecule has 20 heavy (non-hydrogen) atoms. The van der Waals surface area contributed by atoms with Crippen LogP contribution < -0.4 is 5.73 Å². The van der Waals surface area contributed by atoms with Crippen LogP contribution in [0.2, 0.25) is 0 Å². The molecule has 1 aliphatic rings. The summed E-state index contributed by atoms with van der Waals surface area (Å²) in [5.41, 5.74) is 8.73. The van der Waals surface area contributed by atoms with Gasteiger partial charge in [0.25, 0.3) is 0 Å². The van der Waals surface area contributed by atoms with Gasteiger partial charge in [-0.15, -0.1) is 0 Å². The summed E-state index contributed by atoms with van der Waals surface area (Å²) in [6.07, 6.45) is 9.75. The van der Waals surface area contributed by atoms with Crippen LogP contribution in [0.3, 0.4) is 0 Å². The molecule has 0 radical (unpaired) electrons. The molecule has 2 N–H and O–H groups in total. The van der Waals surface area contributed by atoms with Gasteiger partial charge in [0, 0.05) is 5.92 Å². The van der Waals surface area contributed by atoms with Crippen LogP contribution in [0.15, 0.2) is 36.7 Å². The van der Waals surface area contributed by atoms with Gasteiger partial charge >= 0.3 is 0 Å². The summed E-state index contributed by atoms with van der Waals surface area (Å²) < 4.78 is 2.08. The number of aromatic nitrogens is 2. The van der Waals surface area contributed by atoms with E-state index in [-0.39, 0.29) is 0 Å². The van der Waals surface area contributed by atoms with Gasteiger partial charge in [0.05, 0.1) is 18.6 Å². The number of rotatable bonds is 3. The maximum Gasteiger partial charge on any atom is 0.127 e. The molecule has 0 spiro atoms. The highest BCUT2D eigenvalue weighted by Crippen LogP contribution is 2.33. The molecule has 3 nitrogen and oxygen atoms in total. The van der Waals surface area contributed by atoms with Crippen LogP contribution >= 0.6 is 0 Å². The second-order valence-electron chi connectivity index (χ2n) is 5.82. The third-order valence-corrected chi connectivity index (χ3v) is 4.35. The normalized spacial score (nSPS) is 17.0. The van der Waals surface area contributed by atoms with Crippen molar-refractivity contribution in [3.05, 3.63) is 47.9 Å². The maximum absolute atomic E-state index is 6.33. The highest BCUT2D eigenvalue weighted by atomic mass is 15.1. The minimum absolute atomic E-state index is 0.564. The first-order valence-electron chi connectivity index (χ1n) is 7.69. The molecule has 0 amide bonds. The monoisotopic (exact) mass is 269 g/mol. The molecule has 0 atom stereocenters. The van der Waals surface area contributed by atoms with Gasteiger partial charge in [-0.05, 0) is 18.4 Å². The molecule has 106 valence electrons. The van der Waals surface area contributed by atoms with Crippen LogP contribution in [0.1, 0.15) is 55.7 Å². The zero-order valence-corrected chi connectivity index (χ0v) is 12.0. The molecule has 1 heterocycles. The van der Waals surface area contributed by atoms with Gasteiger partial charge in [0.1, 0.15) is 5.82 Å². The van der Waals surface area contributed by atoms with E-state index in [1.165, 1.54) is 44.1 Å². The van der Waals surface area contributed by atoms with E-state index >= 15 is 0 Å². The zero-order valence-electron chi connectivity index (χ0n) is 12.0. The lowest BCUT2D eigenvalue weighted by molar-refractivity contribution is 0.581. The highest BCUT2D eigenvalue weighted by Gasteiger charge is 2.20. The Balaban J connectivity index is 1.77. The van der Waals surface area contributed by atoms with Crippen LogP contribution in [0.4, 0.5) is 5.82 Å². The number of imidazole rings is 1. The quantitative estimate of drug-likeness (QED) is 0.857. The first-order valence-corrected chi connectivity index (χ1v) is 7.69. The molecule has 1 aliphatic carbocycles. The van der Waals surface area contributed by atoms with E-state index in [0.29, 0.717) is 5.92 Å². The van der Waals surface area contributed by atoms with Gasteiger partial charge in [-0.25, -0.2) is 4.98 Å². The Hall–Kier alpha value is -1.77. The number of anilines is 1. The number of hydrogen-bond acceptors (Lipinski definition) is 2. The predicted octanol–water partition coefficient (Wildman–Crippen LogP) is 3.95. The summed E-state index contributed by atoms with van der Waals surface area (Å²) >= 11 is 0. The Bertz CT molecular complexity index is 537. The molecule has 1 aromatic heterocycles. The molecule has 1 fully saturated rings. The van der Waals surface area contributed by atoms with E-state index < -0.39 is 0 Å². The van der Waals surface area contributed by atoms with Crippen LogP contribution in [0.5, 0.6) is 0 Å². The first kappa shape index (κ1) is 13.2. The molecule has 0 bridgehead atoms. The average molecular weight is 269 g/mol. The lowest BCUT2D eigenvalue weighted by atomic mass is 9.96. The second-order valence-corrected chi connectivity index (χ2v) is 5.82. The van der Waals surface area contributed by atoms with Gasteiger partial charge in [-0.3, -0.25) is 0 Å². The largest absolute Gasteiger partial charge is 0.384 e. The number of benzene rings is 1. The van der Waals surface area contributed by atoms with Crippen molar-refractivity contribution < 1.29 is 0 Å². The topological polar surface area (TPSA) is 43.8 Å². The zero-order chi connectivity index (χ0) is 13.8. The number of nitrogens with zero attached hydrogens (tertiary/aromatic N) is 2. The maximum atomic E-state index is 6.33. The van der Waals surface area contributed by atoms with Crippen LogP contribution in [-0.4, -0.2) is 9.55 Å². The van der Waals surface area contributed by atoms with Crippen molar-refractivity contribution in [2.75, 3.05) is 5.73 Å². The van der Waals surface area contributed by atoms with Crippen LogP contribution in [0.25, 0.3) is 0 Å². The molecule has 0 aliphatic heterocycles. The molecule has 0 unspecified atom stereocenters. The minimum Gasteiger partial charge on any atom is -0.384 e. The molecular formula is C17H23N3. The summed E-state index contributed by atoms with van der Waals surface area (Å²) in [7, 11) is 0. The molecule has 1 saturated carbocycles. The van der Waals surface area contributed by atoms with E-state index in [0.717, 1.165) is 18.1 Å². The fourth-order valence-corrected chi connectivity index (χ4v) is 3.18. The summed E-state index contributed by atoms with van der Waals surface area (Å²) in [6, 6.07) is 10.4. The standard InChI is InChI=1S/C17H23N3/c18-17-16(15-10-6-1-2-7-11-15)19-13-20(17)12-14-8-4-3-5-9-14/h3-5,8-9,13,15H,1-2,6-7,10-12,18H2. The Morgan fingerprint density at radius 2 is 1.75 bits per heavy atom. The highest BCUT2D eigenvalue weighted by molar-refractivity contribution is 5.39. The minimum atomic E-state index is 0.564. The third-order valence-electron chi connectivity index (χ3n) is 4.35. The van der Waals surface area contributed by atoms with Crippen molar-refractivity contribution >= 4 is 5.82 Å². The molecule has 3 rings (SSSR count). The van der Waals surface area contributed by atoms with Crippen molar-refractivity contribution in [1.82, 2.24) is 9.55 Å². The lowest BCUT2D eigenvalue weighted by Crippen LogP contribution is -2.07. The Morgan fingerprint density at radius 3 is 2.45 bits per heavy atom. The Kier molecular flexibility index (Phi) is 4.05. The lowest BCUT2D eigenvalue weighted by Gasteiger charge is -2.13. The van der Waals surface area contributed by atoms with Gasteiger partial charge < -0.3 is 10.3 Å². The van der Waals surface area contributed by atoms with E-state index in [1.54, 1.807) is 0 Å². The van der Waals surface area contributed by atoms with Crippen molar-refractivity contribution in [2.24, 2.45) is 0 Å². The molecule has 1 aromatic carbocycles. The van der Waals surface area contributed by atoms with Crippen molar-refractivity contribution in [3.8, 4) is 0 Å². The number of nitrogen functional groups attached to an aromatic ring is 1. The van der Waals surface area contributed by atoms with Crippen molar-refractivity contribution in [1.29, 1.82) is 0 Å². The molecular weight excluding hydrogens is 246 g/mol. The number of hydrogen-bond donors (Lipinski definition) is 1. The van der Waals surface area contributed by atoms with Crippen LogP contribution in [-0.2, 0) is 6.54 Å². The van der Waals surface area contributed by atoms with E-state index in [9.17, 15) is 0 Å². The van der Waals surface area contributed by atoms with E-state index in [4.69, 9.17) is 5.73 Å². The summed E-state index contributed by atoms with van der Waals surface area (Å²) in [5, 5.41) is 0. The fourth-order valence-electron chi connectivity index (χ4n) is 3.18.